The van der Waals surface area contributed by atoms with Gasteiger partial charge in [-0.2, -0.15) is 0 Å². The Labute approximate surface area is 55.7 Å². The molecule has 1 radical (unpaired) electrons. The molecular formula is C7H12NO. The smallest absolute Gasteiger partial charge is 0.244 e. The molecule has 1 atom stereocenters. The lowest BCUT2D eigenvalue weighted by Gasteiger charge is -2.06. The van der Waals surface area contributed by atoms with E-state index in [1.54, 1.807) is 0 Å². The van der Waals surface area contributed by atoms with Gasteiger partial charge >= 0.3 is 0 Å². The molecule has 0 aromatic rings. The van der Waals surface area contributed by atoms with Crippen molar-refractivity contribution in [1.29, 1.82) is 0 Å². The van der Waals surface area contributed by atoms with Crippen LogP contribution in [0, 0.1) is 12.5 Å². The van der Waals surface area contributed by atoms with Crippen LogP contribution in [-0.2, 0) is 4.79 Å². The van der Waals surface area contributed by atoms with Crippen molar-refractivity contribution in [3.8, 4) is 0 Å². The molecule has 9 heavy (non-hydrogen) atoms. The van der Waals surface area contributed by atoms with Crippen molar-refractivity contribution in [3.05, 3.63) is 12.2 Å². The van der Waals surface area contributed by atoms with Crippen LogP contribution in [0.1, 0.15) is 20.3 Å². The Kier molecular flexibility index (Phi) is 2.99. The summed E-state index contributed by atoms with van der Waals surface area (Å²) in [5, 5.41) is 0. The zero-order valence-corrected chi connectivity index (χ0v) is 5.85. The fourth-order valence-corrected chi connectivity index (χ4v) is 0.463. The van der Waals surface area contributed by atoms with Gasteiger partial charge < -0.3 is 5.73 Å². The highest BCUT2D eigenvalue weighted by Gasteiger charge is 2.08. The number of hydrogen-bond acceptors (Lipinski definition) is 1. The van der Waals surface area contributed by atoms with Crippen molar-refractivity contribution >= 4 is 5.91 Å². The van der Waals surface area contributed by atoms with Crippen molar-refractivity contribution in [1.82, 2.24) is 0 Å². The number of primary amides is 1. The van der Waals surface area contributed by atoms with E-state index in [2.05, 4.69) is 0 Å². The third-order valence-electron chi connectivity index (χ3n) is 1.43. The molecule has 51 valence electrons. The highest BCUT2D eigenvalue weighted by molar-refractivity contribution is 5.91. The predicted octanol–water partition coefficient (Wildman–Crippen LogP) is 0.877. The van der Waals surface area contributed by atoms with Crippen LogP contribution in [0.25, 0.3) is 0 Å². The normalized spacial score (nSPS) is 12.7. The molecule has 2 nitrogen and oxygen atoms in total. The minimum Gasteiger partial charge on any atom is -0.366 e. The van der Waals surface area contributed by atoms with Gasteiger partial charge in [0.15, 0.2) is 0 Å². The van der Waals surface area contributed by atoms with Gasteiger partial charge in [-0.25, -0.2) is 0 Å². The van der Waals surface area contributed by atoms with Crippen molar-refractivity contribution in [2.24, 2.45) is 11.7 Å². The molecule has 2 N–H and O–H groups in total. The molecule has 0 aliphatic rings. The zero-order valence-electron chi connectivity index (χ0n) is 5.85. The van der Waals surface area contributed by atoms with Gasteiger partial charge in [-0.1, -0.05) is 20.4 Å². The average molecular weight is 126 g/mol. The Morgan fingerprint density at radius 3 is 2.33 bits per heavy atom. The van der Waals surface area contributed by atoms with Crippen molar-refractivity contribution in [2.75, 3.05) is 0 Å². The topological polar surface area (TPSA) is 43.1 Å². The molecule has 0 saturated heterocycles. The molecule has 0 aromatic carbocycles. The van der Waals surface area contributed by atoms with Gasteiger partial charge in [0.2, 0.25) is 5.91 Å². The molecule has 0 rings (SSSR count). The largest absolute Gasteiger partial charge is 0.366 e. The minimum absolute atomic E-state index is 0.113. The van der Waals surface area contributed by atoms with Crippen molar-refractivity contribution < 1.29 is 4.79 Å². The SMILES string of the molecule is [CH]=C(C(N)=O)C(C)CC. The van der Waals surface area contributed by atoms with Gasteiger partial charge in [-0.05, 0) is 12.3 Å². The predicted molar refractivity (Wildman–Crippen MR) is 36.5 cm³/mol. The van der Waals surface area contributed by atoms with Crippen LogP contribution < -0.4 is 5.73 Å². The maximum atomic E-state index is 10.4. The number of nitrogens with two attached hydrogens (primary N) is 1. The van der Waals surface area contributed by atoms with Crippen LogP contribution in [0.3, 0.4) is 0 Å². The van der Waals surface area contributed by atoms with E-state index in [1.807, 2.05) is 13.8 Å². The van der Waals surface area contributed by atoms with Gasteiger partial charge in [-0.15, -0.1) is 0 Å². The molecule has 2 heteroatoms. The molecule has 0 bridgehead atoms. The monoisotopic (exact) mass is 126 g/mol. The lowest BCUT2D eigenvalue weighted by molar-refractivity contribution is -0.115. The fraction of sp³-hybridized carbons (Fsp3) is 0.571. The number of carbonyl (C=O) groups is 1. The summed E-state index contributed by atoms with van der Waals surface area (Å²) < 4.78 is 0. The molecular weight excluding hydrogens is 114 g/mol. The highest BCUT2D eigenvalue weighted by atomic mass is 16.1. The van der Waals surface area contributed by atoms with Gasteiger partial charge in [0, 0.05) is 5.57 Å². The first-order chi connectivity index (χ1) is 4.09. The number of carbonyl (C=O) groups excluding carboxylic acids is 1. The van der Waals surface area contributed by atoms with E-state index < -0.39 is 5.91 Å². The maximum Gasteiger partial charge on any atom is 0.244 e. The molecule has 0 saturated carbocycles. The summed E-state index contributed by atoms with van der Waals surface area (Å²) in [5.74, 6) is -0.383. The second-order valence-corrected chi connectivity index (χ2v) is 2.13. The quantitative estimate of drug-likeness (QED) is 0.560. The van der Waals surface area contributed by atoms with Crippen LogP contribution >= 0.6 is 0 Å². The van der Waals surface area contributed by atoms with Crippen LogP contribution in [-0.4, -0.2) is 5.91 Å². The van der Waals surface area contributed by atoms with E-state index in [0.717, 1.165) is 6.42 Å². The molecule has 0 fully saturated rings. The summed E-state index contributed by atoms with van der Waals surface area (Å²) in [6, 6.07) is 0. The van der Waals surface area contributed by atoms with E-state index in [1.165, 1.54) is 0 Å². The molecule has 0 spiro atoms. The highest BCUT2D eigenvalue weighted by Crippen LogP contribution is 2.09. The van der Waals surface area contributed by atoms with Crippen molar-refractivity contribution in [3.63, 3.8) is 0 Å². The molecule has 0 aromatic heterocycles. The number of hydrogen-bond donors (Lipinski definition) is 1. The Morgan fingerprint density at radius 1 is 1.78 bits per heavy atom. The Morgan fingerprint density at radius 2 is 2.22 bits per heavy atom. The minimum atomic E-state index is -0.496. The standard InChI is InChI=1S/C7H12NO/c1-4-5(2)6(3)7(8)9/h3,5H,4H2,1-2H3,(H2,8,9). The van der Waals surface area contributed by atoms with Crippen LogP contribution in [0.4, 0.5) is 0 Å². The van der Waals surface area contributed by atoms with E-state index in [9.17, 15) is 4.79 Å². The molecule has 0 heterocycles. The van der Waals surface area contributed by atoms with Crippen LogP contribution in [0.15, 0.2) is 5.57 Å². The van der Waals surface area contributed by atoms with E-state index >= 15 is 0 Å². The Balaban J connectivity index is 3.88. The maximum absolute atomic E-state index is 10.4. The summed E-state index contributed by atoms with van der Waals surface area (Å²) in [5.41, 5.74) is 5.19. The zero-order chi connectivity index (χ0) is 7.44. The van der Waals surface area contributed by atoms with E-state index in [4.69, 9.17) is 12.3 Å². The number of amides is 1. The second kappa shape index (κ2) is 3.28. The van der Waals surface area contributed by atoms with Crippen LogP contribution in [0.5, 0.6) is 0 Å². The summed E-state index contributed by atoms with van der Waals surface area (Å²) in [7, 11) is 0. The van der Waals surface area contributed by atoms with Gasteiger partial charge in [0.1, 0.15) is 0 Å². The van der Waals surface area contributed by atoms with E-state index in [-0.39, 0.29) is 11.5 Å². The lowest BCUT2D eigenvalue weighted by atomic mass is 10.00. The third-order valence-corrected chi connectivity index (χ3v) is 1.43. The molecule has 1 amide bonds. The first kappa shape index (κ1) is 8.21. The lowest BCUT2D eigenvalue weighted by Crippen LogP contribution is -2.17. The average Bonchev–Trinajstić information content (AvgIpc) is 1.84. The molecule has 1 unspecified atom stereocenters. The second-order valence-electron chi connectivity index (χ2n) is 2.13. The number of rotatable bonds is 3. The fourth-order valence-electron chi connectivity index (χ4n) is 0.463. The Hall–Kier alpha value is -0.790. The van der Waals surface area contributed by atoms with Gasteiger partial charge in [-0.3, -0.25) is 4.79 Å². The van der Waals surface area contributed by atoms with Gasteiger partial charge in [0.25, 0.3) is 0 Å². The first-order valence-corrected chi connectivity index (χ1v) is 3.01. The molecule has 0 aliphatic heterocycles. The Bertz CT molecular complexity index is 129. The summed E-state index contributed by atoms with van der Waals surface area (Å²) in [6.45, 7) is 9.15. The van der Waals surface area contributed by atoms with Gasteiger partial charge in [0.05, 0.1) is 0 Å². The summed E-state index contributed by atoms with van der Waals surface area (Å²) in [4.78, 5) is 10.4. The van der Waals surface area contributed by atoms with Crippen LogP contribution in [0.2, 0.25) is 0 Å². The molecule has 0 aliphatic carbocycles. The third kappa shape index (κ3) is 2.31. The first-order valence-electron chi connectivity index (χ1n) is 3.01. The summed E-state index contributed by atoms with van der Waals surface area (Å²) in [6.07, 6.45) is 0.856. The van der Waals surface area contributed by atoms with E-state index in [0.29, 0.717) is 0 Å². The van der Waals surface area contributed by atoms with Crippen molar-refractivity contribution in [2.45, 2.75) is 20.3 Å². The summed E-state index contributed by atoms with van der Waals surface area (Å²) >= 11 is 0.